The summed E-state index contributed by atoms with van der Waals surface area (Å²) in [6.07, 6.45) is 3.18. The van der Waals surface area contributed by atoms with Gasteiger partial charge in [-0.15, -0.1) is 0 Å². The maximum atomic E-state index is 6.17. The zero-order valence-corrected chi connectivity index (χ0v) is 11.7. The lowest BCUT2D eigenvalue weighted by Crippen LogP contribution is -2.21. The van der Waals surface area contributed by atoms with Crippen LogP contribution in [-0.4, -0.2) is 19.6 Å². The van der Waals surface area contributed by atoms with Crippen LogP contribution in [0.3, 0.4) is 0 Å². The van der Waals surface area contributed by atoms with Gasteiger partial charge >= 0.3 is 0 Å². The number of unbranched alkanes of at least 4 members (excludes halogenated alkanes) is 1. The minimum absolute atomic E-state index is 0.141. The molecule has 1 rings (SSSR count). The smallest absolute Gasteiger partial charge is 0.0366 e. The van der Waals surface area contributed by atoms with Crippen molar-refractivity contribution in [3.05, 3.63) is 29.8 Å². The first kappa shape index (κ1) is 15.0. The molecule has 0 heterocycles. The monoisotopic (exact) mass is 249 g/mol. The average molecular weight is 249 g/mol. The number of nitrogens with zero attached hydrogens (tertiary/aromatic N) is 1. The average Bonchev–Trinajstić information content (AvgIpc) is 2.41. The molecule has 0 bridgehead atoms. The van der Waals surface area contributed by atoms with E-state index < -0.39 is 0 Å². The number of nitrogens with two attached hydrogens (primary N) is 2. The summed E-state index contributed by atoms with van der Waals surface area (Å²) in [6.45, 7) is 7.19. The Morgan fingerprint density at radius 3 is 2.17 bits per heavy atom. The van der Waals surface area contributed by atoms with E-state index in [4.69, 9.17) is 11.5 Å². The Morgan fingerprint density at radius 1 is 1.06 bits per heavy atom. The molecule has 18 heavy (non-hydrogen) atoms. The Morgan fingerprint density at radius 2 is 1.67 bits per heavy atom. The highest BCUT2D eigenvalue weighted by Crippen LogP contribution is 2.21. The Bertz CT molecular complexity index is 317. The first-order valence-corrected chi connectivity index (χ1v) is 7.03. The molecule has 0 radical (unpaired) electrons. The van der Waals surface area contributed by atoms with Gasteiger partial charge in [-0.2, -0.15) is 0 Å². The number of benzene rings is 1. The van der Waals surface area contributed by atoms with E-state index >= 15 is 0 Å². The molecule has 0 amide bonds. The number of hydrogen-bond acceptors (Lipinski definition) is 3. The first-order chi connectivity index (χ1) is 8.72. The lowest BCUT2D eigenvalue weighted by atomic mass is 10.0. The van der Waals surface area contributed by atoms with E-state index in [1.807, 2.05) is 0 Å². The molecule has 3 nitrogen and oxygen atoms in total. The van der Waals surface area contributed by atoms with Gasteiger partial charge in [0.05, 0.1) is 0 Å². The van der Waals surface area contributed by atoms with Crippen molar-refractivity contribution >= 4 is 5.69 Å². The molecule has 0 saturated heterocycles. The van der Waals surface area contributed by atoms with Crippen LogP contribution in [0.2, 0.25) is 0 Å². The quantitative estimate of drug-likeness (QED) is 0.696. The number of rotatable bonds is 8. The van der Waals surface area contributed by atoms with Crippen LogP contribution in [0.25, 0.3) is 0 Å². The molecule has 1 aromatic carbocycles. The lowest BCUT2D eigenvalue weighted by molar-refractivity contribution is 0.591. The Kier molecular flexibility index (Phi) is 6.76. The molecule has 0 fully saturated rings. The van der Waals surface area contributed by atoms with Crippen LogP contribution in [0.1, 0.15) is 44.7 Å². The second kappa shape index (κ2) is 8.11. The van der Waals surface area contributed by atoms with Crippen molar-refractivity contribution in [2.45, 2.75) is 39.2 Å². The van der Waals surface area contributed by atoms with Crippen molar-refractivity contribution in [1.29, 1.82) is 0 Å². The molecule has 1 atom stereocenters. The van der Waals surface area contributed by atoms with Crippen LogP contribution < -0.4 is 16.4 Å². The van der Waals surface area contributed by atoms with E-state index in [1.165, 1.54) is 11.3 Å². The second-order valence-corrected chi connectivity index (χ2v) is 4.65. The highest BCUT2D eigenvalue weighted by molar-refractivity contribution is 5.47. The van der Waals surface area contributed by atoms with Crippen LogP contribution >= 0.6 is 0 Å². The van der Waals surface area contributed by atoms with Crippen LogP contribution in [0.15, 0.2) is 24.3 Å². The highest BCUT2D eigenvalue weighted by Gasteiger charge is 2.07. The van der Waals surface area contributed by atoms with Crippen molar-refractivity contribution in [3.8, 4) is 0 Å². The van der Waals surface area contributed by atoms with Crippen LogP contribution in [-0.2, 0) is 0 Å². The molecule has 0 saturated carbocycles. The van der Waals surface area contributed by atoms with Crippen LogP contribution in [0, 0.1) is 0 Å². The van der Waals surface area contributed by atoms with Gasteiger partial charge in [-0.1, -0.05) is 18.6 Å². The third kappa shape index (κ3) is 4.31. The molecule has 4 N–H and O–H groups in total. The maximum absolute atomic E-state index is 6.17. The maximum Gasteiger partial charge on any atom is 0.0366 e. The van der Waals surface area contributed by atoms with E-state index in [-0.39, 0.29) is 6.04 Å². The largest absolute Gasteiger partial charge is 0.372 e. The van der Waals surface area contributed by atoms with Crippen LogP contribution in [0.5, 0.6) is 0 Å². The van der Waals surface area contributed by atoms with E-state index in [0.29, 0.717) is 0 Å². The van der Waals surface area contributed by atoms with Gasteiger partial charge in [-0.05, 0) is 50.9 Å². The second-order valence-electron chi connectivity index (χ2n) is 4.65. The fourth-order valence-electron chi connectivity index (χ4n) is 2.20. The first-order valence-electron chi connectivity index (χ1n) is 7.03. The van der Waals surface area contributed by atoms with E-state index in [9.17, 15) is 0 Å². The van der Waals surface area contributed by atoms with Gasteiger partial charge in [0.15, 0.2) is 0 Å². The third-order valence-electron chi connectivity index (χ3n) is 3.42. The van der Waals surface area contributed by atoms with Gasteiger partial charge in [0, 0.05) is 24.8 Å². The normalized spacial score (nSPS) is 12.4. The minimum Gasteiger partial charge on any atom is -0.372 e. The third-order valence-corrected chi connectivity index (χ3v) is 3.42. The topological polar surface area (TPSA) is 55.3 Å². The fraction of sp³-hybridized carbons (Fsp3) is 0.600. The summed E-state index contributed by atoms with van der Waals surface area (Å²) in [4.78, 5) is 2.34. The fourth-order valence-corrected chi connectivity index (χ4v) is 2.20. The van der Waals surface area contributed by atoms with Gasteiger partial charge in [0.1, 0.15) is 0 Å². The van der Waals surface area contributed by atoms with E-state index in [2.05, 4.69) is 43.0 Å². The molecular weight excluding hydrogens is 222 g/mol. The predicted octanol–water partition coefficient (Wildman–Crippen LogP) is 2.66. The molecule has 102 valence electrons. The molecule has 0 aliphatic heterocycles. The van der Waals surface area contributed by atoms with Crippen molar-refractivity contribution in [1.82, 2.24) is 0 Å². The number of hydrogen-bond donors (Lipinski definition) is 2. The molecule has 0 unspecified atom stereocenters. The molecule has 0 aliphatic carbocycles. The van der Waals surface area contributed by atoms with Crippen molar-refractivity contribution in [3.63, 3.8) is 0 Å². The Balaban J connectivity index is 2.58. The molecule has 0 spiro atoms. The molecular formula is C15H27N3. The van der Waals surface area contributed by atoms with Gasteiger partial charge in [0.2, 0.25) is 0 Å². The zero-order chi connectivity index (χ0) is 13.4. The van der Waals surface area contributed by atoms with Gasteiger partial charge in [-0.3, -0.25) is 0 Å². The minimum atomic E-state index is 0.141. The summed E-state index contributed by atoms with van der Waals surface area (Å²) < 4.78 is 0. The summed E-state index contributed by atoms with van der Waals surface area (Å²) in [5.41, 5.74) is 14.2. The van der Waals surface area contributed by atoms with E-state index in [0.717, 1.165) is 38.9 Å². The standard InChI is InChI=1S/C15H27N3/c1-3-18(4-2)14-10-8-13(9-11-14)15(17)7-5-6-12-16/h8-11,15H,3-7,12,16-17H2,1-2H3/t15-/m1/s1. The van der Waals surface area contributed by atoms with Crippen molar-refractivity contribution < 1.29 is 0 Å². The van der Waals surface area contributed by atoms with Gasteiger partial charge < -0.3 is 16.4 Å². The molecule has 0 aliphatic rings. The summed E-state index contributed by atoms with van der Waals surface area (Å²) in [5, 5.41) is 0. The summed E-state index contributed by atoms with van der Waals surface area (Å²) in [5.74, 6) is 0. The lowest BCUT2D eigenvalue weighted by Gasteiger charge is -2.21. The SMILES string of the molecule is CCN(CC)c1ccc([C@H](N)CCCCN)cc1. The van der Waals surface area contributed by atoms with E-state index in [1.54, 1.807) is 0 Å². The zero-order valence-electron chi connectivity index (χ0n) is 11.7. The van der Waals surface area contributed by atoms with Crippen molar-refractivity contribution in [2.24, 2.45) is 11.5 Å². The van der Waals surface area contributed by atoms with Gasteiger partial charge in [-0.25, -0.2) is 0 Å². The predicted molar refractivity (Wildman–Crippen MR) is 79.8 cm³/mol. The van der Waals surface area contributed by atoms with Crippen LogP contribution in [0.4, 0.5) is 5.69 Å². The summed E-state index contributed by atoms with van der Waals surface area (Å²) in [6, 6.07) is 8.79. The number of anilines is 1. The van der Waals surface area contributed by atoms with Crippen molar-refractivity contribution in [2.75, 3.05) is 24.5 Å². The summed E-state index contributed by atoms with van der Waals surface area (Å²) in [7, 11) is 0. The molecule has 0 aromatic heterocycles. The highest BCUT2D eigenvalue weighted by atomic mass is 15.1. The molecule has 3 heteroatoms. The summed E-state index contributed by atoms with van der Waals surface area (Å²) >= 11 is 0. The Labute approximate surface area is 111 Å². The molecule has 1 aromatic rings. The Hall–Kier alpha value is -1.06. The van der Waals surface area contributed by atoms with Gasteiger partial charge in [0.25, 0.3) is 0 Å².